The third-order valence-electron chi connectivity index (χ3n) is 1.26. The fourth-order valence-electron chi connectivity index (χ4n) is 0.824. The maximum absolute atomic E-state index is 12.8. The van der Waals surface area contributed by atoms with Crippen LogP contribution in [0.15, 0.2) is 5.10 Å². The van der Waals surface area contributed by atoms with Crippen molar-refractivity contribution in [2.75, 3.05) is 5.08 Å². The second-order valence-corrected chi connectivity index (χ2v) is 6.43. The lowest BCUT2D eigenvalue weighted by molar-refractivity contribution is -0.494. The van der Waals surface area contributed by atoms with Crippen molar-refractivity contribution in [3.8, 4) is 0 Å². The van der Waals surface area contributed by atoms with E-state index >= 15 is 0 Å². The molecule has 0 spiro atoms. The molecule has 10 nitrogen and oxygen atoms in total. The average Bonchev–Trinajstić information content (AvgIpc) is 2.07. The van der Waals surface area contributed by atoms with E-state index in [-0.39, 0.29) is 0 Å². The minimum Gasteiger partial charge on any atom is -0.359 e. The fraction of sp³-hybridized carbons (Fsp3) is 0.750. The molecule has 2 N–H and O–H groups in total. The highest BCUT2D eigenvalue weighted by atomic mass is 32.3. The van der Waals surface area contributed by atoms with Crippen molar-refractivity contribution >= 4 is 26.3 Å². The molecule has 1 fully saturated rings. The van der Waals surface area contributed by atoms with Crippen LogP contribution in [0.4, 0.5) is 17.6 Å². The predicted octanol–water partition coefficient (Wildman–Crippen LogP) is -0.986. The molecule has 0 amide bonds. The number of hydrazone groups is 1. The Morgan fingerprint density at radius 2 is 1.60 bits per heavy atom. The molecule has 0 unspecified atom stereocenters. The molecule has 1 rings (SSSR count). The molecule has 0 aromatic heterocycles. The van der Waals surface area contributed by atoms with Crippen molar-refractivity contribution in [1.82, 2.24) is 0 Å². The summed E-state index contributed by atoms with van der Waals surface area (Å²) in [5.74, 6) is 4.41. The predicted molar refractivity (Wildman–Crippen MR) is 48.6 cm³/mol. The van der Waals surface area contributed by atoms with E-state index in [2.05, 4.69) is 28.8 Å². The van der Waals surface area contributed by atoms with Crippen LogP contribution in [0.1, 0.15) is 0 Å². The van der Waals surface area contributed by atoms with Gasteiger partial charge in [-0.05, 0) is 0 Å². The van der Waals surface area contributed by atoms with Gasteiger partial charge in [-0.3, -0.25) is 0 Å². The second-order valence-electron chi connectivity index (χ2n) is 2.93. The summed E-state index contributed by atoms with van der Waals surface area (Å²) in [6.07, 6.45) is -12.6. The van der Waals surface area contributed by atoms with Crippen LogP contribution in [-0.2, 0) is 38.1 Å². The van der Waals surface area contributed by atoms with Crippen LogP contribution in [-0.4, -0.2) is 40.6 Å². The third kappa shape index (κ3) is 4.94. The molecule has 0 aromatic rings. The van der Waals surface area contributed by atoms with Gasteiger partial charge >= 0.3 is 28.8 Å². The van der Waals surface area contributed by atoms with E-state index in [0.717, 1.165) is 0 Å². The molecule has 1 heterocycles. The molecule has 0 radical (unpaired) electrons. The van der Waals surface area contributed by atoms with Crippen LogP contribution in [0.25, 0.3) is 0 Å². The largest absolute Gasteiger partial charge is 0.545 e. The van der Waals surface area contributed by atoms with Crippen molar-refractivity contribution in [3.05, 3.63) is 0 Å². The number of hydrogen-bond acceptors (Lipinski definition) is 10. The molecule has 1 saturated heterocycles. The van der Waals surface area contributed by atoms with E-state index in [1.807, 2.05) is 0 Å². The quantitative estimate of drug-likeness (QED) is 0.252. The van der Waals surface area contributed by atoms with Crippen molar-refractivity contribution in [2.24, 2.45) is 10.9 Å². The Balaban J connectivity index is 3.29. The molecule has 118 valence electrons. The Morgan fingerprint density at radius 1 is 1.05 bits per heavy atom. The fourth-order valence-corrected chi connectivity index (χ4v) is 3.25. The van der Waals surface area contributed by atoms with Gasteiger partial charge in [0.2, 0.25) is 5.08 Å². The molecule has 20 heavy (non-hydrogen) atoms. The first-order valence-corrected chi connectivity index (χ1v) is 7.19. The number of alkyl halides is 4. The summed E-state index contributed by atoms with van der Waals surface area (Å²) in [4.78, 5) is 0. The van der Waals surface area contributed by atoms with Crippen molar-refractivity contribution in [1.29, 1.82) is 0 Å². The number of nitrogens with two attached hydrogens (primary N) is 1. The Kier molecular flexibility index (Phi) is 4.05. The molecule has 0 saturated carbocycles. The number of nitrogens with zero attached hydrogens (tertiary/aromatic N) is 1. The first-order chi connectivity index (χ1) is 8.76. The molecular weight excluding hydrogens is 344 g/mol. The van der Waals surface area contributed by atoms with Gasteiger partial charge in [0.1, 0.15) is 0 Å². The highest BCUT2D eigenvalue weighted by Crippen LogP contribution is 2.32. The minimum absolute atomic E-state index is 1.93. The molecule has 1 aliphatic rings. The number of ether oxygens (including phenoxy) is 2. The molecule has 0 aromatic carbocycles. The van der Waals surface area contributed by atoms with E-state index in [0.29, 0.717) is 0 Å². The van der Waals surface area contributed by atoms with Crippen LogP contribution < -0.4 is 5.84 Å². The van der Waals surface area contributed by atoms with Gasteiger partial charge in [0.05, 0.1) is 0 Å². The average molecular weight is 348 g/mol. The van der Waals surface area contributed by atoms with Gasteiger partial charge in [0.25, 0.3) is 10.1 Å². The zero-order valence-electron chi connectivity index (χ0n) is 8.83. The van der Waals surface area contributed by atoms with E-state index in [1.54, 1.807) is 0 Å². The molecule has 1 aliphatic heterocycles. The van der Waals surface area contributed by atoms with Gasteiger partial charge in [0.15, 0.2) is 0 Å². The standard InChI is InChI=1S/C4H4F4N2O8S2/c5-3(6)15-2(10-9)16-19(11,12)1-20(13,14)18-4(7,8)17-3/h1,9H2. The van der Waals surface area contributed by atoms with Gasteiger partial charge in [-0.25, -0.2) is 0 Å². The van der Waals surface area contributed by atoms with E-state index in [1.165, 1.54) is 0 Å². The summed E-state index contributed by atoms with van der Waals surface area (Å²) in [5.41, 5.74) is 0. The summed E-state index contributed by atoms with van der Waals surface area (Å²) in [6, 6.07) is 0. The van der Waals surface area contributed by atoms with Crippen molar-refractivity contribution in [3.63, 3.8) is 0 Å². The Bertz CT molecular complexity index is 612. The van der Waals surface area contributed by atoms with Gasteiger partial charge in [0, 0.05) is 0 Å². The number of halogens is 4. The van der Waals surface area contributed by atoms with Crippen LogP contribution in [0.3, 0.4) is 0 Å². The topological polar surface area (TPSA) is 144 Å². The second kappa shape index (κ2) is 4.86. The van der Waals surface area contributed by atoms with Crippen LogP contribution in [0, 0.1) is 0 Å². The summed E-state index contributed by atoms with van der Waals surface area (Å²) >= 11 is 0. The SMILES string of the molecule is NN=C1OC(F)(F)OC(F)(F)OS(=O)(=O)CS(=O)(=O)O1. The van der Waals surface area contributed by atoms with Crippen LogP contribution in [0.2, 0.25) is 0 Å². The number of hydrogen-bond donors (Lipinski definition) is 1. The van der Waals surface area contributed by atoms with Gasteiger partial charge in [-0.1, -0.05) is 0 Å². The maximum atomic E-state index is 12.8. The molecule has 0 bridgehead atoms. The van der Waals surface area contributed by atoms with Crippen LogP contribution in [0.5, 0.6) is 0 Å². The van der Waals surface area contributed by atoms with E-state index < -0.39 is 44.0 Å². The first kappa shape index (κ1) is 16.7. The highest BCUT2D eigenvalue weighted by molar-refractivity contribution is 8.03. The zero-order valence-corrected chi connectivity index (χ0v) is 10.5. The third-order valence-corrected chi connectivity index (χ3v) is 4.41. The van der Waals surface area contributed by atoms with E-state index in [9.17, 15) is 34.4 Å². The number of rotatable bonds is 0. The van der Waals surface area contributed by atoms with E-state index in [4.69, 9.17) is 0 Å². The molecule has 16 heteroatoms. The van der Waals surface area contributed by atoms with Gasteiger partial charge < -0.3 is 14.8 Å². The normalized spacial score (nSPS) is 29.9. The van der Waals surface area contributed by atoms with Crippen molar-refractivity contribution in [2.45, 2.75) is 12.6 Å². The summed E-state index contributed by atoms with van der Waals surface area (Å²) in [5, 5.41) is 0.101. The highest BCUT2D eigenvalue weighted by Gasteiger charge is 2.54. The van der Waals surface area contributed by atoms with Crippen LogP contribution >= 0.6 is 0 Å². The Morgan fingerprint density at radius 3 is 2.10 bits per heavy atom. The van der Waals surface area contributed by atoms with Gasteiger partial charge in [-0.2, -0.15) is 25.8 Å². The molecule has 0 aliphatic carbocycles. The molecular formula is C4H4F4N2O8S2. The zero-order chi connectivity index (χ0) is 15.8. The molecule has 0 atom stereocenters. The lowest BCUT2D eigenvalue weighted by atomic mass is 11.1. The van der Waals surface area contributed by atoms with Crippen molar-refractivity contribution < 1.29 is 52.2 Å². The smallest absolute Gasteiger partial charge is 0.359 e. The summed E-state index contributed by atoms with van der Waals surface area (Å²) in [6.45, 7) is 0. The minimum atomic E-state index is -5.55. The Labute approximate surface area is 108 Å². The summed E-state index contributed by atoms with van der Waals surface area (Å²) < 4.78 is 107. The lowest BCUT2D eigenvalue weighted by Gasteiger charge is -2.23. The lowest BCUT2D eigenvalue weighted by Crippen LogP contribution is -2.43. The Hall–Kier alpha value is -1.39. The maximum Gasteiger partial charge on any atom is 0.545 e. The monoisotopic (exact) mass is 348 g/mol. The first-order valence-electron chi connectivity index (χ1n) is 4.04. The van der Waals surface area contributed by atoms with Gasteiger partial charge in [-0.15, -0.1) is 22.7 Å². The summed E-state index contributed by atoms with van der Waals surface area (Å²) in [7, 11) is -10.8.